The van der Waals surface area contributed by atoms with Crippen LogP contribution in [0.5, 0.6) is 0 Å². The quantitative estimate of drug-likeness (QED) is 0.227. The van der Waals surface area contributed by atoms with E-state index in [0.29, 0.717) is 0 Å². The van der Waals surface area contributed by atoms with Crippen LogP contribution in [0.15, 0.2) is 109 Å². The molecule has 7 aromatic rings. The first-order valence-electron chi connectivity index (χ1n) is 10.8. The maximum absolute atomic E-state index is 6.59. The Morgan fingerprint density at radius 1 is 0.406 bits per heavy atom. The van der Waals surface area contributed by atoms with Crippen molar-refractivity contribution in [3.63, 3.8) is 0 Å². The largest absolute Gasteiger partial charge is 0.308 e. The van der Waals surface area contributed by atoms with Gasteiger partial charge in [-0.05, 0) is 39.7 Å². The summed E-state index contributed by atoms with van der Waals surface area (Å²) in [5, 5.41) is 10.6. The van der Waals surface area contributed by atoms with Crippen molar-refractivity contribution in [1.29, 1.82) is 0 Å². The zero-order valence-corrected chi connectivity index (χ0v) is 18.0. The zero-order valence-electron chi connectivity index (χ0n) is 17.2. The number of benzene rings is 5. The molecule has 0 fully saturated rings. The van der Waals surface area contributed by atoms with Crippen molar-refractivity contribution in [2.45, 2.75) is 0 Å². The van der Waals surface area contributed by atoms with Crippen LogP contribution in [0.2, 0.25) is 5.02 Å². The van der Waals surface area contributed by atoms with Crippen molar-refractivity contribution >= 4 is 71.2 Å². The predicted molar refractivity (Wildman–Crippen MR) is 139 cm³/mol. The van der Waals surface area contributed by atoms with Crippen LogP contribution in [0, 0.1) is 0 Å². The van der Waals surface area contributed by atoms with Gasteiger partial charge in [0.15, 0.2) is 0 Å². The summed E-state index contributed by atoms with van der Waals surface area (Å²) < 4.78 is 2.40. The van der Waals surface area contributed by atoms with Gasteiger partial charge in [-0.2, -0.15) is 0 Å². The number of hydrogen-bond acceptors (Lipinski definition) is 0. The molecule has 32 heavy (non-hydrogen) atoms. The Kier molecular flexibility index (Phi) is 3.67. The minimum Gasteiger partial charge on any atom is -0.308 e. The number of fused-ring (bicyclic) bond motifs is 10. The van der Waals surface area contributed by atoms with Crippen LogP contribution < -0.4 is 0 Å². The molecule has 0 N–H and O–H groups in total. The number of nitrogens with zero attached hydrogens (tertiary/aromatic N) is 1. The Balaban J connectivity index is 2.04. The second-order valence-corrected chi connectivity index (χ2v) is 8.74. The molecule has 0 saturated heterocycles. The van der Waals surface area contributed by atoms with E-state index in [-0.39, 0.29) is 0 Å². The van der Waals surface area contributed by atoms with Crippen molar-refractivity contribution in [2.75, 3.05) is 0 Å². The number of rotatable bonds is 0. The first kappa shape index (κ1) is 17.8. The SMILES string of the molecule is Clc1ccc2c3ccccc3c3ccccc3c3cccc4c5ccccc5n(c2c1)c34. The Bertz CT molecular complexity index is 1890. The van der Waals surface area contributed by atoms with Crippen LogP contribution in [-0.2, 0) is 0 Å². The van der Waals surface area contributed by atoms with Gasteiger partial charge in [-0.15, -0.1) is 0 Å². The summed E-state index contributed by atoms with van der Waals surface area (Å²) in [6.07, 6.45) is 0. The summed E-state index contributed by atoms with van der Waals surface area (Å²) in [7, 11) is 0. The lowest BCUT2D eigenvalue weighted by Gasteiger charge is -2.05. The maximum atomic E-state index is 6.59. The molecule has 0 spiro atoms. The summed E-state index contributed by atoms with van der Waals surface area (Å²) in [6.45, 7) is 0. The topological polar surface area (TPSA) is 4.41 Å². The molecular weight excluding hydrogens is 410 g/mol. The minimum absolute atomic E-state index is 0.737. The third-order valence-electron chi connectivity index (χ3n) is 6.62. The molecule has 0 aliphatic rings. The van der Waals surface area contributed by atoms with E-state index in [1.807, 2.05) is 6.07 Å². The van der Waals surface area contributed by atoms with Crippen LogP contribution in [0.1, 0.15) is 0 Å². The lowest BCUT2D eigenvalue weighted by molar-refractivity contribution is 1.35. The molecule has 2 heterocycles. The van der Waals surface area contributed by atoms with Gasteiger partial charge in [0, 0.05) is 26.6 Å². The Morgan fingerprint density at radius 3 is 1.56 bits per heavy atom. The van der Waals surface area contributed by atoms with Crippen LogP contribution >= 0.6 is 11.6 Å². The smallest absolute Gasteiger partial charge is 0.0619 e. The van der Waals surface area contributed by atoms with Gasteiger partial charge < -0.3 is 4.40 Å². The fraction of sp³-hybridized carbons (Fsp3) is 0. The average Bonchev–Trinajstić information content (AvgIpc) is 3.19. The van der Waals surface area contributed by atoms with Gasteiger partial charge in [0.2, 0.25) is 0 Å². The van der Waals surface area contributed by atoms with Gasteiger partial charge in [0.25, 0.3) is 0 Å². The van der Waals surface area contributed by atoms with Gasteiger partial charge in [-0.3, -0.25) is 0 Å². The molecule has 0 saturated carbocycles. The second kappa shape index (κ2) is 6.59. The molecule has 0 amide bonds. The Morgan fingerprint density at radius 2 is 0.875 bits per heavy atom. The highest BCUT2D eigenvalue weighted by Gasteiger charge is 2.14. The van der Waals surface area contributed by atoms with Crippen LogP contribution in [-0.4, -0.2) is 4.40 Å². The molecule has 2 aromatic heterocycles. The summed E-state index contributed by atoms with van der Waals surface area (Å²) in [5.41, 5.74) is 3.52. The third-order valence-corrected chi connectivity index (χ3v) is 6.86. The zero-order chi connectivity index (χ0) is 21.2. The van der Waals surface area contributed by atoms with E-state index in [2.05, 4.69) is 108 Å². The molecule has 7 rings (SSSR count). The van der Waals surface area contributed by atoms with Crippen molar-refractivity contribution in [2.24, 2.45) is 0 Å². The van der Waals surface area contributed by atoms with Crippen LogP contribution in [0.3, 0.4) is 0 Å². The summed E-state index contributed by atoms with van der Waals surface area (Å²) in [4.78, 5) is 0. The van der Waals surface area contributed by atoms with Gasteiger partial charge in [-0.25, -0.2) is 0 Å². The molecule has 5 aromatic carbocycles. The monoisotopic (exact) mass is 427 g/mol. The van der Waals surface area contributed by atoms with E-state index in [1.54, 1.807) is 0 Å². The molecule has 2 heteroatoms. The standard InChI is InChI=1S/C30H18ClN/c31-19-16-17-25-22-10-3-1-8-20(22)21-9-2-4-11-23(21)26-13-7-14-27-24-12-5-6-15-28(24)32(30(26)27)29(25)18-19/h1-18H. The van der Waals surface area contributed by atoms with Gasteiger partial charge in [-0.1, -0.05) is 103 Å². The molecular formula is C30H18ClN. The molecule has 0 atom stereocenters. The second-order valence-electron chi connectivity index (χ2n) is 8.31. The van der Waals surface area contributed by atoms with E-state index >= 15 is 0 Å². The normalized spacial score (nSPS) is 11.9. The number of halogens is 1. The summed E-state index contributed by atoms with van der Waals surface area (Å²) in [6, 6.07) is 39.0. The van der Waals surface area contributed by atoms with Crippen LogP contribution in [0.4, 0.5) is 0 Å². The van der Waals surface area contributed by atoms with Gasteiger partial charge in [0.1, 0.15) is 0 Å². The fourth-order valence-electron chi connectivity index (χ4n) is 5.31. The number of hydrogen-bond donors (Lipinski definition) is 0. The number of aromatic nitrogens is 1. The van der Waals surface area contributed by atoms with Gasteiger partial charge >= 0.3 is 0 Å². The summed E-state index contributed by atoms with van der Waals surface area (Å²) >= 11 is 6.59. The highest BCUT2D eigenvalue weighted by Crippen LogP contribution is 2.38. The molecule has 0 radical (unpaired) electrons. The average molecular weight is 428 g/mol. The number of para-hydroxylation sites is 2. The van der Waals surface area contributed by atoms with Crippen molar-refractivity contribution in [3.05, 3.63) is 114 Å². The van der Waals surface area contributed by atoms with Gasteiger partial charge in [0.05, 0.1) is 16.6 Å². The molecule has 1 nitrogen and oxygen atoms in total. The van der Waals surface area contributed by atoms with Crippen LogP contribution in [0.25, 0.3) is 59.6 Å². The summed E-state index contributed by atoms with van der Waals surface area (Å²) in [5.74, 6) is 0. The third kappa shape index (κ3) is 2.34. The first-order chi connectivity index (χ1) is 15.8. The highest BCUT2D eigenvalue weighted by atomic mass is 35.5. The van der Waals surface area contributed by atoms with E-state index in [4.69, 9.17) is 11.6 Å². The first-order valence-corrected chi connectivity index (χ1v) is 11.2. The molecule has 0 bridgehead atoms. The van der Waals surface area contributed by atoms with Crippen molar-refractivity contribution in [3.8, 4) is 0 Å². The molecule has 0 aliphatic heterocycles. The predicted octanol–water partition coefficient (Wildman–Crippen LogP) is 8.92. The highest BCUT2D eigenvalue weighted by molar-refractivity contribution is 6.32. The van der Waals surface area contributed by atoms with E-state index in [1.165, 1.54) is 54.1 Å². The van der Waals surface area contributed by atoms with Crippen molar-refractivity contribution < 1.29 is 0 Å². The minimum atomic E-state index is 0.737. The lowest BCUT2D eigenvalue weighted by Crippen LogP contribution is -1.86. The Labute approximate surface area is 189 Å². The maximum Gasteiger partial charge on any atom is 0.0619 e. The molecule has 150 valence electrons. The lowest BCUT2D eigenvalue weighted by atomic mass is 10.0. The van der Waals surface area contributed by atoms with Crippen molar-refractivity contribution in [1.82, 2.24) is 4.40 Å². The van der Waals surface area contributed by atoms with E-state index in [0.717, 1.165) is 10.5 Å². The molecule has 0 unspecified atom stereocenters. The fourth-order valence-corrected chi connectivity index (χ4v) is 5.48. The Hall–Kier alpha value is -3.81. The molecule has 0 aliphatic carbocycles. The van der Waals surface area contributed by atoms with E-state index in [9.17, 15) is 0 Å². The van der Waals surface area contributed by atoms with E-state index < -0.39 is 0 Å².